The van der Waals surface area contributed by atoms with Gasteiger partial charge in [0.15, 0.2) is 5.82 Å². The van der Waals surface area contributed by atoms with Crippen LogP contribution in [-0.4, -0.2) is 35.0 Å². The average Bonchev–Trinajstić information content (AvgIpc) is 2.88. The number of nitrogens with one attached hydrogen (secondary N) is 1. The van der Waals surface area contributed by atoms with Crippen LogP contribution in [0.25, 0.3) is 5.82 Å². The quantitative estimate of drug-likeness (QED) is 0.778. The van der Waals surface area contributed by atoms with Gasteiger partial charge in [-0.1, -0.05) is 13.8 Å². The molecule has 2 aromatic rings. The Balaban J connectivity index is 2.22. The van der Waals surface area contributed by atoms with Crippen molar-refractivity contribution >= 4 is 15.9 Å². The molecule has 0 aliphatic rings. The Kier molecular flexibility index (Phi) is 5.90. The largest absolute Gasteiger partial charge is 0.383 e. The van der Waals surface area contributed by atoms with Crippen LogP contribution in [0.5, 0.6) is 0 Å². The first-order chi connectivity index (χ1) is 10.1. The first-order valence-electron chi connectivity index (χ1n) is 7.02. The maximum Gasteiger partial charge on any atom is 0.153 e. The summed E-state index contributed by atoms with van der Waals surface area (Å²) in [5.41, 5.74) is 2.39. The molecule has 0 atom stereocenters. The molecule has 0 unspecified atom stereocenters. The maximum atomic E-state index is 5.05. The molecule has 1 N–H and O–H groups in total. The fourth-order valence-corrected chi connectivity index (χ4v) is 2.45. The average molecular weight is 353 g/mol. The van der Waals surface area contributed by atoms with Gasteiger partial charge in [-0.3, -0.25) is 0 Å². The monoisotopic (exact) mass is 352 g/mol. The van der Waals surface area contributed by atoms with E-state index < -0.39 is 0 Å². The fourth-order valence-electron chi connectivity index (χ4n) is 2.22. The number of halogens is 1. The van der Waals surface area contributed by atoms with Crippen molar-refractivity contribution in [2.75, 3.05) is 20.3 Å². The van der Waals surface area contributed by atoms with Gasteiger partial charge in [0, 0.05) is 36.4 Å². The second-order valence-electron chi connectivity index (χ2n) is 5.13. The summed E-state index contributed by atoms with van der Waals surface area (Å²) in [6.45, 7) is 6.67. The molecule has 0 saturated heterocycles. The minimum Gasteiger partial charge on any atom is -0.383 e. The van der Waals surface area contributed by atoms with Crippen LogP contribution < -0.4 is 5.32 Å². The van der Waals surface area contributed by atoms with Crippen LogP contribution in [0.15, 0.2) is 29.0 Å². The van der Waals surface area contributed by atoms with Crippen molar-refractivity contribution in [1.29, 1.82) is 0 Å². The van der Waals surface area contributed by atoms with Crippen LogP contribution in [0.1, 0.15) is 31.0 Å². The van der Waals surface area contributed by atoms with Gasteiger partial charge < -0.3 is 10.1 Å². The molecule has 0 aromatic carbocycles. The van der Waals surface area contributed by atoms with E-state index in [1.807, 2.05) is 23.0 Å². The molecular weight excluding hydrogens is 332 g/mol. The molecule has 2 heterocycles. The van der Waals surface area contributed by atoms with Crippen LogP contribution in [0, 0.1) is 0 Å². The zero-order valence-electron chi connectivity index (χ0n) is 12.6. The summed E-state index contributed by atoms with van der Waals surface area (Å²) in [4.78, 5) is 4.43. The number of hydrogen-bond acceptors (Lipinski definition) is 4. The van der Waals surface area contributed by atoms with Gasteiger partial charge in [0.1, 0.15) is 0 Å². The van der Waals surface area contributed by atoms with Gasteiger partial charge in [0.25, 0.3) is 0 Å². The molecule has 6 heteroatoms. The standard InChI is InChI=1S/C15H21BrN4O/c1-11(2)15-12(8-17-6-7-21-3)9-19-20(15)14-5-4-13(16)10-18-14/h4-5,9-11,17H,6-8H2,1-3H3. The minimum absolute atomic E-state index is 0.372. The Morgan fingerprint density at radius 1 is 1.33 bits per heavy atom. The van der Waals surface area contributed by atoms with Gasteiger partial charge in [-0.05, 0) is 34.0 Å². The van der Waals surface area contributed by atoms with Crippen LogP contribution in [-0.2, 0) is 11.3 Å². The van der Waals surface area contributed by atoms with E-state index >= 15 is 0 Å². The van der Waals surface area contributed by atoms with E-state index in [0.29, 0.717) is 12.5 Å². The van der Waals surface area contributed by atoms with Gasteiger partial charge in [-0.2, -0.15) is 5.10 Å². The van der Waals surface area contributed by atoms with Crippen LogP contribution in [0.3, 0.4) is 0 Å². The van der Waals surface area contributed by atoms with E-state index in [1.54, 1.807) is 13.3 Å². The molecule has 2 aromatic heterocycles. The molecule has 0 fully saturated rings. The number of hydrogen-bond donors (Lipinski definition) is 1. The third-order valence-electron chi connectivity index (χ3n) is 3.16. The highest BCUT2D eigenvalue weighted by Crippen LogP contribution is 2.22. The Bertz CT molecular complexity index is 566. The molecule has 0 aliphatic heterocycles. The van der Waals surface area contributed by atoms with E-state index in [9.17, 15) is 0 Å². The van der Waals surface area contributed by atoms with E-state index in [2.05, 4.69) is 45.2 Å². The zero-order chi connectivity index (χ0) is 15.2. The van der Waals surface area contributed by atoms with E-state index in [-0.39, 0.29) is 0 Å². The van der Waals surface area contributed by atoms with Crippen molar-refractivity contribution in [1.82, 2.24) is 20.1 Å². The third-order valence-corrected chi connectivity index (χ3v) is 3.63. The minimum atomic E-state index is 0.372. The lowest BCUT2D eigenvalue weighted by atomic mass is 10.1. The highest BCUT2D eigenvalue weighted by Gasteiger charge is 2.15. The van der Waals surface area contributed by atoms with Crippen molar-refractivity contribution in [2.45, 2.75) is 26.3 Å². The van der Waals surface area contributed by atoms with Crippen molar-refractivity contribution in [2.24, 2.45) is 0 Å². The van der Waals surface area contributed by atoms with Crippen LogP contribution >= 0.6 is 15.9 Å². The molecule has 0 saturated carbocycles. The number of pyridine rings is 1. The summed E-state index contributed by atoms with van der Waals surface area (Å²) in [5, 5.41) is 7.87. The van der Waals surface area contributed by atoms with Gasteiger partial charge >= 0.3 is 0 Å². The smallest absolute Gasteiger partial charge is 0.153 e. The van der Waals surface area contributed by atoms with Crippen LogP contribution in [0.4, 0.5) is 0 Å². The highest BCUT2D eigenvalue weighted by molar-refractivity contribution is 9.10. The third kappa shape index (κ3) is 4.12. The Morgan fingerprint density at radius 3 is 2.76 bits per heavy atom. The van der Waals surface area contributed by atoms with E-state index in [0.717, 1.165) is 23.4 Å². The van der Waals surface area contributed by atoms with Crippen LogP contribution in [0.2, 0.25) is 0 Å². The normalized spacial score (nSPS) is 11.3. The second kappa shape index (κ2) is 7.68. The predicted molar refractivity (Wildman–Crippen MR) is 86.7 cm³/mol. The lowest BCUT2D eigenvalue weighted by Crippen LogP contribution is -2.19. The number of rotatable bonds is 7. The number of nitrogens with zero attached hydrogens (tertiary/aromatic N) is 3. The van der Waals surface area contributed by atoms with Gasteiger partial charge in [-0.15, -0.1) is 0 Å². The lowest BCUT2D eigenvalue weighted by Gasteiger charge is -2.12. The summed E-state index contributed by atoms with van der Waals surface area (Å²) in [6, 6.07) is 3.94. The molecule has 114 valence electrons. The van der Waals surface area contributed by atoms with E-state index in [1.165, 1.54) is 11.3 Å². The summed E-state index contributed by atoms with van der Waals surface area (Å²) in [5.74, 6) is 1.21. The summed E-state index contributed by atoms with van der Waals surface area (Å²) in [7, 11) is 1.71. The lowest BCUT2D eigenvalue weighted by molar-refractivity contribution is 0.199. The number of ether oxygens (including phenoxy) is 1. The van der Waals surface area contributed by atoms with E-state index in [4.69, 9.17) is 4.74 Å². The zero-order valence-corrected chi connectivity index (χ0v) is 14.2. The Morgan fingerprint density at radius 2 is 2.14 bits per heavy atom. The van der Waals surface area contributed by atoms with Crippen molar-refractivity contribution in [3.05, 3.63) is 40.3 Å². The Labute approximate surface area is 133 Å². The fraction of sp³-hybridized carbons (Fsp3) is 0.467. The number of aromatic nitrogens is 3. The van der Waals surface area contributed by atoms with Gasteiger partial charge in [0.05, 0.1) is 18.5 Å². The SMILES string of the molecule is COCCNCc1cnn(-c2ccc(Br)cn2)c1C(C)C. The van der Waals surface area contributed by atoms with Gasteiger partial charge in [0.2, 0.25) is 0 Å². The molecule has 0 spiro atoms. The summed E-state index contributed by atoms with van der Waals surface area (Å²) < 4.78 is 7.93. The first kappa shape index (κ1) is 16.1. The first-order valence-corrected chi connectivity index (χ1v) is 7.81. The summed E-state index contributed by atoms with van der Waals surface area (Å²) >= 11 is 3.41. The van der Waals surface area contributed by atoms with Crippen molar-refractivity contribution < 1.29 is 4.74 Å². The molecule has 5 nitrogen and oxygen atoms in total. The second-order valence-corrected chi connectivity index (χ2v) is 6.04. The number of methoxy groups -OCH3 is 1. The van der Waals surface area contributed by atoms with Crippen molar-refractivity contribution in [3.63, 3.8) is 0 Å². The molecule has 21 heavy (non-hydrogen) atoms. The molecule has 0 radical (unpaired) electrons. The molecule has 2 rings (SSSR count). The predicted octanol–water partition coefficient (Wildman–Crippen LogP) is 2.89. The molecule has 0 aliphatic carbocycles. The van der Waals surface area contributed by atoms with Crippen molar-refractivity contribution in [3.8, 4) is 5.82 Å². The molecular formula is C15H21BrN4O. The topological polar surface area (TPSA) is 52.0 Å². The highest BCUT2D eigenvalue weighted by atomic mass is 79.9. The molecule has 0 amide bonds. The Hall–Kier alpha value is -1.24. The maximum absolute atomic E-state index is 5.05. The summed E-state index contributed by atoms with van der Waals surface area (Å²) in [6.07, 6.45) is 3.70. The van der Waals surface area contributed by atoms with Gasteiger partial charge in [-0.25, -0.2) is 9.67 Å². The molecule has 0 bridgehead atoms.